The number of hydrogen-bond donors (Lipinski definition) is 0. The molecule has 12 saturated carbocycles. The van der Waals surface area contributed by atoms with E-state index < -0.39 is 0 Å². The molecular formula is C86H148Sn6. The van der Waals surface area contributed by atoms with Crippen LogP contribution in [0.3, 0.4) is 0 Å². The Morgan fingerprint density at radius 2 is 0.250 bits per heavy atom. The zero-order chi connectivity index (χ0) is 63.8. The molecule has 12 radical (unpaired) electrons. The third-order valence-electron chi connectivity index (χ3n) is 24.0. The van der Waals surface area contributed by atoms with Crippen molar-refractivity contribution < 1.29 is 0 Å². The molecule has 14 rings (SSSR count). The van der Waals surface area contributed by atoms with E-state index in [0.29, 0.717) is 0 Å². The van der Waals surface area contributed by atoms with E-state index in [1.807, 2.05) is 36.4 Å². The van der Waals surface area contributed by atoms with Gasteiger partial charge in [0.05, 0.1) is 0 Å². The molecule has 0 spiro atoms. The van der Waals surface area contributed by atoms with Gasteiger partial charge in [-0.25, -0.2) is 0 Å². The molecule has 0 aromatic heterocycles. The Kier molecular flexibility index (Phi) is 50.0. The summed E-state index contributed by atoms with van der Waals surface area (Å²) in [6.07, 6.45) is 95.2. The molecule has 0 heterocycles. The quantitative estimate of drug-likeness (QED) is 0.186. The van der Waals surface area contributed by atoms with Crippen LogP contribution in [0.5, 0.6) is 0 Å². The Morgan fingerprint density at radius 3 is 0.326 bits per heavy atom. The predicted octanol–water partition coefficient (Wildman–Crippen LogP) is 29.2. The fraction of sp³-hybridized carbons (Fsp3) is 0.860. The second-order valence-electron chi connectivity index (χ2n) is 32.3. The molecule has 0 amide bonds. The van der Waals surface area contributed by atoms with Crippen molar-refractivity contribution >= 4 is 127 Å². The van der Waals surface area contributed by atoms with Gasteiger partial charge in [-0.05, 0) is 13.8 Å². The van der Waals surface area contributed by atoms with Crippen LogP contribution in [0.1, 0.15) is 396 Å². The molecule has 12 fully saturated rings. The van der Waals surface area contributed by atoms with Crippen LogP contribution in [-0.2, 0) is 0 Å². The van der Waals surface area contributed by atoms with E-state index in [9.17, 15) is 0 Å². The molecule has 12 aliphatic carbocycles. The summed E-state index contributed by atoms with van der Waals surface area (Å²) in [7, 11) is 0. The predicted molar refractivity (Wildman–Crippen MR) is 419 cm³/mol. The Bertz CT molecular complexity index is 1490. The summed E-state index contributed by atoms with van der Waals surface area (Å²) in [4.78, 5) is 0. The summed E-state index contributed by atoms with van der Waals surface area (Å²) in [5, 5.41) is 0. The summed E-state index contributed by atoms with van der Waals surface area (Å²) in [5.74, 6) is 0. The van der Waals surface area contributed by atoms with Crippen LogP contribution in [-0.4, -0.2) is 127 Å². The molecule has 2 aromatic carbocycles. The largest absolute Gasteiger partial charge is 0.0622 e. The van der Waals surface area contributed by atoms with Gasteiger partial charge < -0.3 is 0 Å². The number of hydrogen-bond acceptors (Lipinski definition) is 0. The maximum Gasteiger partial charge on any atom is -0.0398 e. The van der Waals surface area contributed by atoms with Crippen LogP contribution in [0, 0.1) is 13.8 Å². The van der Waals surface area contributed by atoms with E-state index in [-0.39, 0.29) is 127 Å². The standard InChI is InChI=1S/2C7H8.12C6H11.6Sn/c2*1-7-5-3-2-4-6-7;12*1-2-4-6-5-3-1;;;;;;/h2*2-6H,1H3;12*1H,2-6H2;;;;;;. The zero-order valence-electron chi connectivity index (χ0n) is 61.1. The van der Waals surface area contributed by atoms with Gasteiger partial charge in [0.1, 0.15) is 0 Å². The molecule has 516 valence electrons. The molecule has 0 nitrogen and oxygen atoms in total. The van der Waals surface area contributed by atoms with Crippen LogP contribution in [0.15, 0.2) is 60.7 Å². The van der Waals surface area contributed by atoms with Crippen molar-refractivity contribution in [2.75, 3.05) is 0 Å². The molecule has 0 saturated heterocycles. The number of aryl methyl sites for hydroxylation is 2. The zero-order valence-corrected chi connectivity index (χ0v) is 78.3. The maximum absolute atomic E-state index is 2.08. The Morgan fingerprint density at radius 1 is 0.152 bits per heavy atom. The normalized spacial score (nSPS) is 24.8. The molecule has 0 N–H and O–H groups in total. The SMILES string of the molecule is C1CC[CH]([Sn][CH]2CCCCC2)CC1.C1CC[CH]([Sn][CH]2CCCCC2)CC1.C1CC[CH]([Sn][CH]2CCCCC2)CC1.C1CC[CH]([Sn][CH]2CCCCC2)CC1.C1CC[CH]([Sn][CH]2CCCCC2)CC1.C1CC[CH]([Sn][CH]2CCCCC2)CC1.Cc1ccccc1.Cc1ccccc1. The molecule has 6 heteroatoms. The van der Waals surface area contributed by atoms with Gasteiger partial charge in [0.2, 0.25) is 0 Å². The van der Waals surface area contributed by atoms with Crippen molar-refractivity contribution in [2.24, 2.45) is 0 Å². The summed E-state index contributed by atoms with van der Waals surface area (Å²) < 4.78 is 15.5. The Hall–Kier alpha value is 3.23. The molecule has 0 bridgehead atoms. The second kappa shape index (κ2) is 55.7. The van der Waals surface area contributed by atoms with Crippen molar-refractivity contribution in [2.45, 2.75) is 446 Å². The fourth-order valence-corrected chi connectivity index (χ4v) is 55.1. The van der Waals surface area contributed by atoms with Crippen molar-refractivity contribution in [3.63, 3.8) is 0 Å². The minimum Gasteiger partial charge on any atom is -0.0622 e. The van der Waals surface area contributed by atoms with Crippen LogP contribution in [0.25, 0.3) is 0 Å². The van der Waals surface area contributed by atoms with Gasteiger partial charge in [0.25, 0.3) is 0 Å². The van der Waals surface area contributed by atoms with Crippen molar-refractivity contribution in [3.05, 3.63) is 71.8 Å². The molecule has 0 aliphatic heterocycles. The molecule has 2 aromatic rings. The van der Waals surface area contributed by atoms with E-state index in [2.05, 4.69) is 38.1 Å². The molecule has 92 heavy (non-hydrogen) atoms. The second-order valence-corrected chi connectivity index (χ2v) is 66.0. The van der Waals surface area contributed by atoms with Crippen molar-refractivity contribution in [3.8, 4) is 0 Å². The van der Waals surface area contributed by atoms with Gasteiger partial charge in [-0.15, -0.1) is 0 Å². The first kappa shape index (κ1) is 82.5. The van der Waals surface area contributed by atoms with Crippen molar-refractivity contribution in [1.82, 2.24) is 0 Å². The van der Waals surface area contributed by atoms with Crippen LogP contribution >= 0.6 is 0 Å². The van der Waals surface area contributed by atoms with E-state index in [1.165, 1.54) is 58.3 Å². The molecule has 0 unspecified atom stereocenters. The Labute approximate surface area is 637 Å². The summed E-state index contributed by atoms with van der Waals surface area (Å²) in [5.41, 5.74) is 2.64. The average molecular weight is 1890 g/mol. The first-order chi connectivity index (χ1) is 45.5. The van der Waals surface area contributed by atoms with Gasteiger partial charge in [-0.1, -0.05) is 71.8 Å². The van der Waals surface area contributed by atoms with Crippen LogP contribution in [0.4, 0.5) is 0 Å². The number of benzene rings is 2. The van der Waals surface area contributed by atoms with Gasteiger partial charge in [-0.3, -0.25) is 0 Å². The minimum absolute atomic E-state index is 0.0367. The van der Waals surface area contributed by atoms with Gasteiger partial charge in [0.15, 0.2) is 0 Å². The van der Waals surface area contributed by atoms with E-state index in [4.69, 9.17) is 0 Å². The number of rotatable bonds is 12. The van der Waals surface area contributed by atoms with Gasteiger partial charge in [0, 0.05) is 0 Å². The molecule has 12 aliphatic rings. The minimum atomic E-state index is 0.0367. The smallest absolute Gasteiger partial charge is 0.0398 e. The van der Waals surface area contributed by atoms with Crippen LogP contribution in [0.2, 0.25) is 47.2 Å². The van der Waals surface area contributed by atoms with E-state index in [1.54, 1.807) is 385 Å². The average Bonchev–Trinajstić information content (AvgIpc) is 3.81. The van der Waals surface area contributed by atoms with E-state index >= 15 is 0 Å². The van der Waals surface area contributed by atoms with Gasteiger partial charge >= 0.3 is 559 Å². The fourth-order valence-electron chi connectivity index (χ4n) is 18.3. The summed E-state index contributed by atoms with van der Waals surface area (Å²) in [6.45, 7) is 4.17. The maximum atomic E-state index is 2.08. The third-order valence-corrected chi connectivity index (χ3v) is 59.9. The monoisotopic (exact) mass is 1900 g/mol. The van der Waals surface area contributed by atoms with Gasteiger partial charge in [-0.2, -0.15) is 0 Å². The molecule has 0 atom stereocenters. The molecular weight excluding hydrogens is 1750 g/mol. The summed E-state index contributed by atoms with van der Waals surface area (Å²) in [6, 6.07) is 20.5. The van der Waals surface area contributed by atoms with E-state index in [0.717, 1.165) is 0 Å². The topological polar surface area (TPSA) is 0 Å². The first-order valence-electron chi connectivity index (χ1n) is 42.1. The summed E-state index contributed by atoms with van der Waals surface area (Å²) >= 11 is 0.220. The Balaban J connectivity index is 0.000000150. The van der Waals surface area contributed by atoms with Crippen molar-refractivity contribution in [1.29, 1.82) is 0 Å². The van der Waals surface area contributed by atoms with Crippen LogP contribution < -0.4 is 0 Å². The third kappa shape index (κ3) is 40.9. The first-order valence-corrected chi connectivity index (χ1v) is 61.9.